The number of carbonyl (C=O) groups excluding carboxylic acids is 1. The molecule has 6 rings (SSSR count). The van der Waals surface area contributed by atoms with Gasteiger partial charge >= 0.3 is 5.97 Å². The summed E-state index contributed by atoms with van der Waals surface area (Å²) in [7, 11) is 1.83. The minimum absolute atomic E-state index is 0.167. The standard InChI is InChI=1S/C31H39N9O5/c1-5-42-28(41)19-39-12-8-21(9-13-39)40-18-24(30(37-40)43-6-2)22-16-33-27-15-25(22)45-20(3)10-14-44-31-23(17-34-38(31)4)29-32-11-7-26(35-27)36-29/h7,11,15-18,20-21H,5-6,8-10,12-14,19H2,1-4H3,(H,32,33,35,36)/t20-/m0/s1. The first-order chi connectivity index (χ1) is 21.9. The molecule has 0 unspecified atom stereocenters. The number of esters is 1. The minimum atomic E-state index is -0.186. The van der Waals surface area contributed by atoms with Gasteiger partial charge in [-0.05, 0) is 39.7 Å². The number of pyridine rings is 1. The number of nitrogens with one attached hydrogen (secondary N) is 1. The molecule has 45 heavy (non-hydrogen) atoms. The van der Waals surface area contributed by atoms with Crippen LogP contribution in [0.2, 0.25) is 0 Å². The van der Waals surface area contributed by atoms with Crippen LogP contribution in [0.1, 0.15) is 46.1 Å². The van der Waals surface area contributed by atoms with E-state index in [2.05, 4.69) is 25.3 Å². The lowest BCUT2D eigenvalue weighted by atomic mass is 10.1. The monoisotopic (exact) mass is 617 g/mol. The molecule has 4 bridgehead atoms. The Morgan fingerprint density at radius 1 is 1.07 bits per heavy atom. The highest BCUT2D eigenvalue weighted by Gasteiger charge is 2.27. The molecule has 1 fully saturated rings. The SMILES string of the molecule is CCOC(=O)CN1CCC(n2cc(-c3cnc4cc3O[C@@H](C)CCOc3c(cnn3C)-c3nccc(n3)N4)c(OCC)n2)CC1. The molecule has 2 aliphatic heterocycles. The van der Waals surface area contributed by atoms with E-state index in [0.29, 0.717) is 73.3 Å². The van der Waals surface area contributed by atoms with Crippen LogP contribution >= 0.6 is 0 Å². The summed E-state index contributed by atoms with van der Waals surface area (Å²) in [4.78, 5) is 28.0. The maximum absolute atomic E-state index is 12.0. The van der Waals surface area contributed by atoms with E-state index in [1.54, 1.807) is 29.3 Å². The third kappa shape index (κ3) is 6.85. The topological polar surface area (TPSA) is 144 Å². The number of piperidine rings is 1. The van der Waals surface area contributed by atoms with Crippen LogP contribution in [0.15, 0.2) is 36.9 Å². The largest absolute Gasteiger partial charge is 0.490 e. The van der Waals surface area contributed by atoms with Crippen LogP contribution < -0.4 is 19.5 Å². The fourth-order valence-electron chi connectivity index (χ4n) is 5.56. The molecule has 238 valence electrons. The zero-order valence-electron chi connectivity index (χ0n) is 26.1. The first-order valence-electron chi connectivity index (χ1n) is 15.4. The van der Waals surface area contributed by atoms with Crippen LogP contribution in [0.5, 0.6) is 17.5 Å². The molecule has 0 amide bonds. The highest BCUT2D eigenvalue weighted by Crippen LogP contribution is 2.39. The first-order valence-corrected chi connectivity index (χ1v) is 15.4. The number of ether oxygens (including phenoxy) is 4. The van der Waals surface area contributed by atoms with Gasteiger partial charge in [0.15, 0.2) is 5.82 Å². The van der Waals surface area contributed by atoms with Gasteiger partial charge in [0.25, 0.3) is 0 Å². The Kier molecular flexibility index (Phi) is 9.10. The van der Waals surface area contributed by atoms with E-state index in [-0.39, 0.29) is 18.1 Å². The molecule has 0 saturated carbocycles. The van der Waals surface area contributed by atoms with E-state index in [1.807, 2.05) is 44.8 Å². The minimum Gasteiger partial charge on any atom is -0.490 e. The van der Waals surface area contributed by atoms with Gasteiger partial charge in [-0.2, -0.15) is 5.10 Å². The Morgan fingerprint density at radius 3 is 2.71 bits per heavy atom. The predicted molar refractivity (Wildman–Crippen MR) is 166 cm³/mol. The summed E-state index contributed by atoms with van der Waals surface area (Å²) in [5.41, 5.74) is 2.28. The van der Waals surface area contributed by atoms with Crippen molar-refractivity contribution < 1.29 is 23.7 Å². The highest BCUT2D eigenvalue weighted by molar-refractivity contribution is 5.75. The quantitative estimate of drug-likeness (QED) is 0.299. The van der Waals surface area contributed by atoms with Gasteiger partial charge in [-0.25, -0.2) is 19.6 Å². The highest BCUT2D eigenvalue weighted by atomic mass is 16.5. The Labute approximate surface area is 261 Å². The zero-order chi connectivity index (χ0) is 31.3. The van der Waals surface area contributed by atoms with Crippen LogP contribution in [0, 0.1) is 0 Å². The number of hydrogen-bond donors (Lipinski definition) is 1. The van der Waals surface area contributed by atoms with Crippen molar-refractivity contribution in [3.8, 4) is 40.0 Å². The Morgan fingerprint density at radius 2 is 1.91 bits per heavy atom. The number of hydrogen-bond acceptors (Lipinski definition) is 12. The summed E-state index contributed by atoms with van der Waals surface area (Å²) < 4.78 is 27.5. The van der Waals surface area contributed by atoms with E-state index in [1.165, 1.54) is 0 Å². The first kappa shape index (κ1) is 30.3. The van der Waals surface area contributed by atoms with Crippen LogP contribution in [0.3, 0.4) is 0 Å². The van der Waals surface area contributed by atoms with Crippen LogP contribution in [0.4, 0.5) is 11.6 Å². The van der Waals surface area contributed by atoms with Crippen LogP contribution in [0.25, 0.3) is 22.5 Å². The average molecular weight is 618 g/mol. The van der Waals surface area contributed by atoms with Crippen molar-refractivity contribution in [2.75, 3.05) is 44.8 Å². The lowest BCUT2D eigenvalue weighted by Gasteiger charge is -2.31. The van der Waals surface area contributed by atoms with Gasteiger partial charge in [0.2, 0.25) is 11.8 Å². The average Bonchev–Trinajstić information content (AvgIpc) is 3.61. The number of nitrogens with zero attached hydrogens (tertiary/aromatic N) is 8. The van der Waals surface area contributed by atoms with E-state index in [0.717, 1.165) is 37.1 Å². The van der Waals surface area contributed by atoms with E-state index in [9.17, 15) is 4.79 Å². The van der Waals surface area contributed by atoms with Gasteiger partial charge in [-0.1, -0.05) is 0 Å². The molecule has 4 aromatic heterocycles. The molecule has 1 saturated heterocycles. The second kappa shape index (κ2) is 13.5. The Balaban J connectivity index is 1.29. The van der Waals surface area contributed by atoms with E-state index >= 15 is 0 Å². The lowest BCUT2D eigenvalue weighted by Crippen LogP contribution is -2.38. The summed E-state index contributed by atoms with van der Waals surface area (Å²) >= 11 is 0. The molecule has 0 aromatic carbocycles. The predicted octanol–water partition coefficient (Wildman–Crippen LogP) is 4.03. The van der Waals surface area contributed by atoms with E-state index < -0.39 is 0 Å². The number of anilines is 2. The molecule has 0 spiro atoms. The number of rotatable bonds is 7. The normalized spacial score (nSPS) is 17.3. The molecule has 0 radical (unpaired) electrons. The fourth-order valence-corrected chi connectivity index (χ4v) is 5.56. The molecule has 2 aliphatic rings. The molecular weight excluding hydrogens is 578 g/mol. The molecule has 1 atom stereocenters. The van der Waals surface area contributed by atoms with Crippen LogP contribution in [-0.2, 0) is 16.6 Å². The summed E-state index contributed by atoms with van der Waals surface area (Å²) in [6.07, 6.45) is 9.33. The van der Waals surface area contributed by atoms with Crippen molar-refractivity contribution in [2.24, 2.45) is 7.05 Å². The van der Waals surface area contributed by atoms with Gasteiger partial charge in [-0.3, -0.25) is 14.4 Å². The van der Waals surface area contributed by atoms with Crippen molar-refractivity contribution in [3.63, 3.8) is 0 Å². The summed E-state index contributed by atoms with van der Waals surface area (Å²) in [6, 6.07) is 3.82. The number of likely N-dealkylation sites (tertiary alicyclic amines) is 1. The van der Waals surface area contributed by atoms with E-state index in [4.69, 9.17) is 29.0 Å². The van der Waals surface area contributed by atoms with Crippen molar-refractivity contribution in [2.45, 2.75) is 52.2 Å². The molecule has 1 N–H and O–H groups in total. The number of carbonyl (C=O) groups is 1. The van der Waals surface area contributed by atoms with Crippen molar-refractivity contribution in [3.05, 3.63) is 36.9 Å². The molecule has 6 heterocycles. The number of aryl methyl sites for hydroxylation is 1. The molecule has 4 aromatic rings. The molecule has 0 aliphatic carbocycles. The second-order valence-electron chi connectivity index (χ2n) is 11.1. The second-order valence-corrected chi connectivity index (χ2v) is 11.1. The Bertz CT molecular complexity index is 1630. The third-order valence-electron chi connectivity index (χ3n) is 7.85. The van der Waals surface area contributed by atoms with Crippen LogP contribution in [-0.4, -0.2) is 90.9 Å². The smallest absolute Gasteiger partial charge is 0.320 e. The number of aromatic nitrogens is 7. The molecule has 14 heteroatoms. The fraction of sp³-hybridized carbons (Fsp3) is 0.484. The van der Waals surface area contributed by atoms with Gasteiger partial charge < -0.3 is 24.3 Å². The van der Waals surface area contributed by atoms with Crippen molar-refractivity contribution in [1.29, 1.82) is 0 Å². The maximum atomic E-state index is 12.0. The molecular formula is C31H39N9O5. The van der Waals surface area contributed by atoms with Gasteiger partial charge in [0, 0.05) is 56.8 Å². The number of fused-ring (bicyclic) bond motifs is 6. The summed E-state index contributed by atoms with van der Waals surface area (Å²) in [5.74, 6) is 3.21. The van der Waals surface area contributed by atoms with Crippen molar-refractivity contribution in [1.82, 2.24) is 39.4 Å². The zero-order valence-corrected chi connectivity index (χ0v) is 26.1. The van der Waals surface area contributed by atoms with Gasteiger partial charge in [0.05, 0.1) is 50.3 Å². The maximum Gasteiger partial charge on any atom is 0.320 e. The van der Waals surface area contributed by atoms with Crippen molar-refractivity contribution >= 4 is 17.6 Å². The summed E-state index contributed by atoms with van der Waals surface area (Å²) in [6.45, 7) is 8.92. The molecule has 14 nitrogen and oxygen atoms in total. The Hall–Kier alpha value is -4.72. The third-order valence-corrected chi connectivity index (χ3v) is 7.85. The summed E-state index contributed by atoms with van der Waals surface area (Å²) in [5, 5.41) is 12.5. The van der Waals surface area contributed by atoms with Gasteiger partial charge in [-0.15, -0.1) is 5.10 Å². The lowest BCUT2D eigenvalue weighted by molar-refractivity contribution is -0.144. The van der Waals surface area contributed by atoms with Gasteiger partial charge in [0.1, 0.15) is 22.9 Å².